The molecule has 2 rings (SSSR count). The van der Waals surface area contributed by atoms with Crippen LogP contribution in [0, 0.1) is 6.92 Å². The van der Waals surface area contributed by atoms with Gasteiger partial charge in [0.15, 0.2) is 0 Å². The number of piperidine rings is 1. The van der Waals surface area contributed by atoms with Gasteiger partial charge in [0.1, 0.15) is 0 Å². The molecule has 19 heavy (non-hydrogen) atoms. The summed E-state index contributed by atoms with van der Waals surface area (Å²) < 4.78 is 1.89. The minimum Gasteiger partial charge on any atom is -0.351 e. The summed E-state index contributed by atoms with van der Waals surface area (Å²) in [4.78, 5) is 12.8. The maximum absolute atomic E-state index is 11.1. The van der Waals surface area contributed by atoms with Gasteiger partial charge in [-0.05, 0) is 26.7 Å². The van der Waals surface area contributed by atoms with Gasteiger partial charge in [-0.15, -0.1) is 0 Å². The summed E-state index contributed by atoms with van der Waals surface area (Å²) in [6.07, 6.45) is 3.82. The monoisotopic (exact) mass is 265 g/mol. The molecule has 1 unspecified atom stereocenters. The van der Waals surface area contributed by atoms with Crippen molar-refractivity contribution in [2.45, 2.75) is 38.8 Å². The Hall–Kier alpha value is -1.56. The molecule has 1 aromatic rings. The number of hydrogen-bond donors (Lipinski definition) is 2. The number of likely N-dealkylation sites (tertiary alicyclic amines) is 1. The van der Waals surface area contributed by atoms with Crippen LogP contribution in [0.1, 0.15) is 37.1 Å². The molecule has 0 radical (unpaired) electrons. The van der Waals surface area contributed by atoms with E-state index in [1.54, 1.807) is 4.90 Å². The average Bonchev–Trinajstić information content (AvgIpc) is 2.70. The highest BCUT2D eigenvalue weighted by Crippen LogP contribution is 2.19. The lowest BCUT2D eigenvalue weighted by molar-refractivity contribution is 0.183. The molecule has 0 spiro atoms. The second-order valence-corrected chi connectivity index (χ2v) is 5.30. The smallest absolute Gasteiger partial charge is 0.314 e. The van der Waals surface area contributed by atoms with Crippen LogP contribution in [0.3, 0.4) is 0 Å². The SMILES string of the molecule is Cc1c(C(C)NC2CCN(C(N)=O)CC2)cnn1C. The van der Waals surface area contributed by atoms with Crippen LogP contribution in [0.15, 0.2) is 6.20 Å². The second kappa shape index (κ2) is 5.61. The number of nitrogens with two attached hydrogens (primary N) is 1. The molecule has 1 aliphatic heterocycles. The lowest BCUT2D eigenvalue weighted by Crippen LogP contribution is -2.47. The highest BCUT2D eigenvalue weighted by Gasteiger charge is 2.23. The highest BCUT2D eigenvalue weighted by atomic mass is 16.2. The fourth-order valence-corrected chi connectivity index (χ4v) is 2.65. The summed E-state index contributed by atoms with van der Waals surface area (Å²) >= 11 is 0. The van der Waals surface area contributed by atoms with Crippen molar-refractivity contribution >= 4 is 6.03 Å². The Bertz CT molecular complexity index is 448. The zero-order chi connectivity index (χ0) is 14.0. The summed E-state index contributed by atoms with van der Waals surface area (Å²) in [5, 5.41) is 7.89. The summed E-state index contributed by atoms with van der Waals surface area (Å²) in [7, 11) is 1.96. The molecule has 1 aliphatic rings. The molecule has 0 aliphatic carbocycles. The number of urea groups is 1. The number of amides is 2. The maximum Gasteiger partial charge on any atom is 0.314 e. The zero-order valence-electron chi connectivity index (χ0n) is 11.9. The van der Waals surface area contributed by atoms with Gasteiger partial charge in [0, 0.05) is 43.5 Å². The number of aromatic nitrogens is 2. The van der Waals surface area contributed by atoms with E-state index >= 15 is 0 Å². The Kier molecular flexibility index (Phi) is 4.09. The maximum atomic E-state index is 11.1. The van der Waals surface area contributed by atoms with E-state index in [0.717, 1.165) is 25.9 Å². The molecule has 1 atom stereocenters. The second-order valence-electron chi connectivity index (χ2n) is 5.30. The third-order valence-corrected chi connectivity index (χ3v) is 4.03. The Morgan fingerprint density at radius 2 is 2.16 bits per heavy atom. The molecular weight excluding hydrogens is 242 g/mol. The number of carbonyl (C=O) groups excluding carboxylic acids is 1. The number of primary amides is 1. The van der Waals surface area contributed by atoms with E-state index in [1.165, 1.54) is 11.3 Å². The van der Waals surface area contributed by atoms with Crippen molar-refractivity contribution in [3.63, 3.8) is 0 Å². The van der Waals surface area contributed by atoms with E-state index in [0.29, 0.717) is 6.04 Å². The number of nitrogens with zero attached hydrogens (tertiary/aromatic N) is 3. The fourth-order valence-electron chi connectivity index (χ4n) is 2.65. The van der Waals surface area contributed by atoms with Gasteiger partial charge in [-0.1, -0.05) is 0 Å². The van der Waals surface area contributed by atoms with Crippen molar-refractivity contribution in [3.8, 4) is 0 Å². The van der Waals surface area contributed by atoms with Crippen LogP contribution in [0.4, 0.5) is 4.79 Å². The first kappa shape index (κ1) is 13.9. The average molecular weight is 265 g/mol. The van der Waals surface area contributed by atoms with Crippen LogP contribution in [0.25, 0.3) is 0 Å². The number of aryl methyl sites for hydroxylation is 1. The fraction of sp³-hybridized carbons (Fsp3) is 0.692. The van der Waals surface area contributed by atoms with Crippen molar-refractivity contribution in [2.24, 2.45) is 12.8 Å². The predicted molar refractivity (Wildman–Crippen MR) is 73.7 cm³/mol. The summed E-state index contributed by atoms with van der Waals surface area (Å²) in [5.74, 6) is 0. The molecule has 2 amide bonds. The van der Waals surface area contributed by atoms with Crippen molar-refractivity contribution < 1.29 is 4.79 Å². The molecule has 1 aromatic heterocycles. The zero-order valence-corrected chi connectivity index (χ0v) is 11.9. The molecule has 0 aromatic carbocycles. The topological polar surface area (TPSA) is 76.2 Å². The summed E-state index contributed by atoms with van der Waals surface area (Å²) in [6, 6.07) is 0.402. The van der Waals surface area contributed by atoms with Gasteiger partial charge in [0.25, 0.3) is 0 Å². The van der Waals surface area contributed by atoms with Crippen LogP contribution in [0.2, 0.25) is 0 Å². The summed E-state index contributed by atoms with van der Waals surface area (Å²) in [6.45, 7) is 5.72. The minimum absolute atomic E-state index is 0.277. The molecule has 6 heteroatoms. The van der Waals surface area contributed by atoms with E-state index in [-0.39, 0.29) is 12.1 Å². The van der Waals surface area contributed by atoms with Crippen LogP contribution in [-0.2, 0) is 7.05 Å². The Morgan fingerprint density at radius 1 is 1.53 bits per heavy atom. The van der Waals surface area contributed by atoms with Crippen LogP contribution >= 0.6 is 0 Å². The van der Waals surface area contributed by atoms with Gasteiger partial charge in [-0.2, -0.15) is 5.10 Å². The molecule has 0 bridgehead atoms. The van der Waals surface area contributed by atoms with E-state index < -0.39 is 0 Å². The van der Waals surface area contributed by atoms with E-state index in [2.05, 4.69) is 24.3 Å². The van der Waals surface area contributed by atoms with E-state index in [1.807, 2.05) is 17.9 Å². The first-order chi connectivity index (χ1) is 8.99. The van der Waals surface area contributed by atoms with Gasteiger partial charge in [-0.25, -0.2) is 4.79 Å². The molecule has 6 nitrogen and oxygen atoms in total. The third kappa shape index (κ3) is 3.07. The van der Waals surface area contributed by atoms with Crippen LogP contribution < -0.4 is 11.1 Å². The predicted octanol–water partition coefficient (Wildman–Crippen LogP) is 0.922. The third-order valence-electron chi connectivity index (χ3n) is 4.03. The number of nitrogens with one attached hydrogen (secondary N) is 1. The van der Waals surface area contributed by atoms with Crippen molar-refractivity contribution in [1.29, 1.82) is 0 Å². The Morgan fingerprint density at radius 3 is 2.63 bits per heavy atom. The number of rotatable bonds is 3. The van der Waals surface area contributed by atoms with Gasteiger partial charge in [0.05, 0.1) is 6.20 Å². The van der Waals surface area contributed by atoms with Gasteiger partial charge in [-0.3, -0.25) is 4.68 Å². The molecule has 1 fully saturated rings. The van der Waals surface area contributed by atoms with E-state index in [9.17, 15) is 4.79 Å². The lowest BCUT2D eigenvalue weighted by atomic mass is 10.0. The van der Waals surface area contributed by atoms with Crippen LogP contribution in [0.5, 0.6) is 0 Å². The van der Waals surface area contributed by atoms with Gasteiger partial charge in [0.2, 0.25) is 0 Å². The van der Waals surface area contributed by atoms with E-state index in [4.69, 9.17) is 5.73 Å². The Balaban J connectivity index is 1.89. The quantitative estimate of drug-likeness (QED) is 0.853. The van der Waals surface area contributed by atoms with Crippen molar-refractivity contribution in [2.75, 3.05) is 13.1 Å². The lowest BCUT2D eigenvalue weighted by Gasteiger charge is -2.33. The normalized spacial score (nSPS) is 18.6. The molecule has 1 saturated heterocycles. The highest BCUT2D eigenvalue weighted by molar-refractivity contribution is 5.72. The number of carbonyl (C=O) groups is 1. The Labute approximate surface area is 113 Å². The molecule has 2 heterocycles. The first-order valence-corrected chi connectivity index (χ1v) is 6.78. The van der Waals surface area contributed by atoms with Crippen molar-refractivity contribution in [3.05, 3.63) is 17.5 Å². The molecule has 3 N–H and O–H groups in total. The summed E-state index contributed by atoms with van der Waals surface area (Å²) in [5.41, 5.74) is 7.71. The number of hydrogen-bond acceptors (Lipinski definition) is 3. The standard InChI is InChI=1S/C13H23N5O/c1-9(12-8-15-17(3)10(12)2)16-11-4-6-18(7-5-11)13(14)19/h8-9,11,16H,4-7H2,1-3H3,(H2,14,19). The molecule has 0 saturated carbocycles. The molecular formula is C13H23N5O. The van der Waals surface area contributed by atoms with Gasteiger partial charge >= 0.3 is 6.03 Å². The van der Waals surface area contributed by atoms with Crippen LogP contribution in [-0.4, -0.2) is 39.8 Å². The van der Waals surface area contributed by atoms with Gasteiger partial charge < -0.3 is 16.0 Å². The first-order valence-electron chi connectivity index (χ1n) is 6.78. The van der Waals surface area contributed by atoms with Crippen molar-refractivity contribution in [1.82, 2.24) is 20.0 Å². The largest absolute Gasteiger partial charge is 0.351 e. The molecule has 106 valence electrons. The minimum atomic E-state index is -0.311.